The summed E-state index contributed by atoms with van der Waals surface area (Å²) >= 11 is 4.14. The summed E-state index contributed by atoms with van der Waals surface area (Å²) in [5.41, 5.74) is 1.13. The number of alkyl halides is 3. The van der Waals surface area contributed by atoms with E-state index in [9.17, 15) is 32.3 Å². The topological polar surface area (TPSA) is 66.8 Å². The molecule has 5 nitrogen and oxygen atoms in total. The zero-order chi connectivity index (χ0) is 27.6. The third-order valence-corrected chi connectivity index (χ3v) is 7.96. The molecule has 0 saturated heterocycles. The van der Waals surface area contributed by atoms with Gasteiger partial charge in [-0.3, -0.25) is 4.79 Å². The van der Waals surface area contributed by atoms with E-state index in [4.69, 9.17) is 4.74 Å². The Morgan fingerprint density at radius 2 is 1.84 bits per heavy atom. The van der Waals surface area contributed by atoms with E-state index in [1.54, 1.807) is 24.3 Å². The van der Waals surface area contributed by atoms with Crippen LogP contribution in [0.3, 0.4) is 0 Å². The Balaban J connectivity index is 1.60. The van der Waals surface area contributed by atoms with Gasteiger partial charge in [0.15, 0.2) is 0 Å². The number of fused-ring (bicyclic) bond motifs is 1. The lowest BCUT2D eigenvalue weighted by molar-refractivity contribution is -0.149. The second kappa shape index (κ2) is 11.6. The molecule has 0 aliphatic carbocycles. The maximum absolute atomic E-state index is 14.1. The Kier molecular flexibility index (Phi) is 8.65. The van der Waals surface area contributed by atoms with Crippen molar-refractivity contribution in [2.24, 2.45) is 0 Å². The van der Waals surface area contributed by atoms with Crippen molar-refractivity contribution in [2.45, 2.75) is 31.8 Å². The highest BCUT2D eigenvalue weighted by Gasteiger charge is 2.36. The van der Waals surface area contributed by atoms with E-state index in [1.807, 2.05) is 0 Å². The molecule has 0 radical (unpaired) electrons. The van der Waals surface area contributed by atoms with E-state index in [2.05, 4.69) is 45.2 Å². The molecule has 198 valence electrons. The highest BCUT2D eigenvalue weighted by molar-refractivity contribution is 14.1. The smallest absolute Gasteiger partial charge is 0.416 e. The number of hydrogen-bond donors (Lipinski definition) is 1. The lowest BCUT2D eigenvalue weighted by atomic mass is 9.93. The Bertz CT molecular complexity index is 1420. The number of carbonyl (C=O) groups is 2. The second-order valence-corrected chi connectivity index (χ2v) is 10.7. The number of carbonyl (C=O) groups excluding carboxylic acids is 1. The third kappa shape index (κ3) is 6.30. The zero-order valence-electron chi connectivity index (χ0n) is 19.4. The number of benzene rings is 3. The summed E-state index contributed by atoms with van der Waals surface area (Å²) in [7, 11) is 0. The maximum Gasteiger partial charge on any atom is 0.416 e. The summed E-state index contributed by atoms with van der Waals surface area (Å²) in [5.74, 6) is -1.75. The van der Waals surface area contributed by atoms with Gasteiger partial charge in [-0.2, -0.15) is 13.2 Å². The molecule has 0 unspecified atom stereocenters. The van der Waals surface area contributed by atoms with Crippen LogP contribution in [0.4, 0.5) is 17.6 Å². The predicted molar refractivity (Wildman–Crippen MR) is 149 cm³/mol. The van der Waals surface area contributed by atoms with Gasteiger partial charge in [-0.15, -0.1) is 0 Å². The van der Waals surface area contributed by atoms with Gasteiger partial charge >= 0.3 is 12.1 Å². The van der Waals surface area contributed by atoms with Crippen molar-refractivity contribution in [1.29, 1.82) is 0 Å². The average Bonchev–Trinajstić information content (AvgIpc) is 2.87. The van der Waals surface area contributed by atoms with Crippen molar-refractivity contribution >= 4 is 63.1 Å². The van der Waals surface area contributed by atoms with Gasteiger partial charge in [0.2, 0.25) is 5.91 Å². The number of carboxylic acids is 1. The molecule has 0 aromatic heterocycles. The van der Waals surface area contributed by atoms with E-state index in [1.165, 1.54) is 29.2 Å². The Morgan fingerprint density at radius 1 is 1.11 bits per heavy atom. The Labute approximate surface area is 242 Å². The van der Waals surface area contributed by atoms with Gasteiger partial charge in [0.1, 0.15) is 24.2 Å². The minimum absolute atomic E-state index is 0.0163. The van der Waals surface area contributed by atoms with Gasteiger partial charge in [0, 0.05) is 24.6 Å². The molecule has 0 bridgehead atoms. The number of aliphatic carboxylic acids is 1. The molecule has 1 atom stereocenters. The molecule has 3 aromatic carbocycles. The van der Waals surface area contributed by atoms with Crippen molar-refractivity contribution < 1.29 is 37.0 Å². The van der Waals surface area contributed by atoms with Crippen LogP contribution in [0, 0.1) is 13.0 Å². The molecular formula is C27H19F4I2NO4. The SMILES string of the molecule is O=C(O)[C@@H]1Cc2cc(I)c(OCc3ccccc3F)c(I)c2CN1C(=O)/C=C/c1cccc(C(F)(F)F)c1. The maximum atomic E-state index is 14.1. The summed E-state index contributed by atoms with van der Waals surface area (Å²) in [6.45, 7) is -0.0547. The fraction of sp³-hybridized carbons (Fsp3) is 0.185. The third-order valence-electron chi connectivity index (χ3n) is 6.02. The number of nitrogens with zero attached hydrogens (tertiary/aromatic N) is 1. The van der Waals surface area contributed by atoms with Gasteiger partial charge < -0.3 is 14.7 Å². The van der Waals surface area contributed by atoms with Gasteiger partial charge in [-0.1, -0.05) is 30.3 Å². The van der Waals surface area contributed by atoms with Gasteiger partial charge in [0.25, 0.3) is 0 Å². The van der Waals surface area contributed by atoms with E-state index in [-0.39, 0.29) is 25.1 Å². The van der Waals surface area contributed by atoms with Gasteiger partial charge in [-0.05, 0) is 92.2 Å². The van der Waals surface area contributed by atoms with E-state index >= 15 is 0 Å². The summed E-state index contributed by atoms with van der Waals surface area (Å²) in [4.78, 5) is 26.3. The number of carboxylic acid groups (broad SMARTS) is 1. The lowest BCUT2D eigenvalue weighted by Crippen LogP contribution is -2.48. The van der Waals surface area contributed by atoms with Crippen molar-refractivity contribution in [3.8, 4) is 5.75 Å². The normalized spacial score (nSPS) is 15.4. The minimum Gasteiger partial charge on any atom is -0.487 e. The molecule has 0 saturated carbocycles. The molecule has 3 aromatic rings. The fourth-order valence-electron chi connectivity index (χ4n) is 4.07. The molecule has 0 fully saturated rings. The van der Waals surface area contributed by atoms with Crippen LogP contribution < -0.4 is 4.74 Å². The first-order valence-electron chi connectivity index (χ1n) is 11.2. The highest BCUT2D eigenvalue weighted by Crippen LogP contribution is 2.37. The lowest BCUT2D eigenvalue weighted by Gasteiger charge is -2.35. The molecule has 1 amide bonds. The number of halogens is 6. The van der Waals surface area contributed by atoms with Gasteiger partial charge in [0.05, 0.1) is 12.7 Å². The molecule has 1 heterocycles. The van der Waals surface area contributed by atoms with Crippen LogP contribution in [-0.4, -0.2) is 27.9 Å². The van der Waals surface area contributed by atoms with Crippen LogP contribution in [0.1, 0.15) is 27.8 Å². The van der Waals surface area contributed by atoms with Crippen molar-refractivity contribution in [2.75, 3.05) is 0 Å². The molecule has 1 aliphatic rings. The van der Waals surface area contributed by atoms with E-state index in [0.29, 0.717) is 20.4 Å². The molecule has 1 aliphatic heterocycles. The summed E-state index contributed by atoms with van der Waals surface area (Å²) in [5, 5.41) is 9.82. The van der Waals surface area contributed by atoms with Crippen LogP contribution in [-0.2, 0) is 35.3 Å². The number of hydrogen-bond acceptors (Lipinski definition) is 3. The molecular weight excluding hydrogens is 732 g/mol. The standard InChI is InChI=1S/C27H19F4I2NO4/c28-20-7-2-1-5-16(20)14-38-25-21(32)11-17-12-22(26(36)37)34(13-19(17)24(25)33)23(35)9-8-15-4-3-6-18(10-15)27(29,30)31/h1-11,22H,12-14H2,(H,36,37)/b9-8+/t22-/m0/s1. The van der Waals surface area contributed by atoms with Crippen molar-refractivity contribution in [3.05, 3.63) is 101 Å². The second-order valence-electron chi connectivity index (χ2n) is 8.50. The number of amides is 1. The first kappa shape index (κ1) is 28.3. The minimum atomic E-state index is -4.53. The quantitative estimate of drug-likeness (QED) is 0.174. The van der Waals surface area contributed by atoms with Crippen LogP contribution in [0.15, 0.2) is 60.7 Å². The molecule has 0 spiro atoms. The highest BCUT2D eigenvalue weighted by atomic mass is 127. The summed E-state index contributed by atoms with van der Waals surface area (Å²) < 4.78 is 60.4. The summed E-state index contributed by atoms with van der Waals surface area (Å²) in [6.07, 6.45) is -2.17. The largest absolute Gasteiger partial charge is 0.487 e. The number of rotatable bonds is 6. The summed E-state index contributed by atoms with van der Waals surface area (Å²) in [6, 6.07) is 11.4. The molecule has 11 heteroatoms. The van der Waals surface area contributed by atoms with Crippen LogP contribution in [0.2, 0.25) is 0 Å². The number of ether oxygens (including phenoxy) is 1. The Morgan fingerprint density at radius 3 is 2.53 bits per heavy atom. The first-order valence-corrected chi connectivity index (χ1v) is 13.4. The van der Waals surface area contributed by atoms with Crippen LogP contribution >= 0.6 is 45.2 Å². The van der Waals surface area contributed by atoms with Crippen molar-refractivity contribution in [1.82, 2.24) is 4.90 Å². The van der Waals surface area contributed by atoms with E-state index in [0.717, 1.165) is 27.3 Å². The monoisotopic (exact) mass is 751 g/mol. The van der Waals surface area contributed by atoms with Crippen molar-refractivity contribution in [3.63, 3.8) is 0 Å². The fourth-order valence-corrected chi connectivity index (χ4v) is 6.35. The average molecular weight is 751 g/mol. The zero-order valence-corrected chi connectivity index (χ0v) is 23.8. The molecule has 1 N–H and O–H groups in total. The van der Waals surface area contributed by atoms with Crippen LogP contribution in [0.5, 0.6) is 5.75 Å². The molecule has 4 rings (SSSR count). The van der Waals surface area contributed by atoms with Crippen LogP contribution in [0.25, 0.3) is 6.08 Å². The predicted octanol–water partition coefficient (Wildman–Crippen LogP) is 6.68. The van der Waals surface area contributed by atoms with Gasteiger partial charge in [-0.25, -0.2) is 9.18 Å². The molecule has 38 heavy (non-hydrogen) atoms. The van der Waals surface area contributed by atoms with E-state index < -0.39 is 35.5 Å². The Hall–Kier alpha value is -2.68. The first-order chi connectivity index (χ1) is 18.0.